The third-order valence-electron chi connectivity index (χ3n) is 3.74. The molecular formula is C18H15Cl2NO. The summed E-state index contributed by atoms with van der Waals surface area (Å²) in [4.78, 5) is 12.0. The average Bonchev–Trinajstić information content (AvgIpc) is 2.94. The second-order valence-corrected chi connectivity index (χ2v) is 6.17. The van der Waals surface area contributed by atoms with Gasteiger partial charge >= 0.3 is 0 Å². The van der Waals surface area contributed by atoms with Crippen LogP contribution in [0.15, 0.2) is 42.5 Å². The predicted octanol–water partition coefficient (Wildman–Crippen LogP) is 5.13. The van der Waals surface area contributed by atoms with E-state index < -0.39 is 0 Å². The molecule has 2 aromatic carbocycles. The molecule has 0 radical (unpaired) electrons. The predicted molar refractivity (Wildman–Crippen MR) is 92.6 cm³/mol. The number of anilines is 1. The highest BCUT2D eigenvalue weighted by atomic mass is 35.5. The Balaban J connectivity index is 1.68. The van der Waals surface area contributed by atoms with Crippen LogP contribution in [0.3, 0.4) is 0 Å². The molecule has 3 rings (SSSR count). The van der Waals surface area contributed by atoms with Crippen LogP contribution in [-0.4, -0.2) is 5.91 Å². The topological polar surface area (TPSA) is 29.1 Å². The summed E-state index contributed by atoms with van der Waals surface area (Å²) >= 11 is 11.9. The molecule has 0 heterocycles. The number of aryl methyl sites for hydroxylation is 2. The monoisotopic (exact) mass is 331 g/mol. The number of fused-ring (bicyclic) bond motifs is 1. The lowest BCUT2D eigenvalue weighted by molar-refractivity contribution is -0.111. The van der Waals surface area contributed by atoms with Crippen molar-refractivity contribution in [3.8, 4) is 0 Å². The molecule has 22 heavy (non-hydrogen) atoms. The van der Waals surface area contributed by atoms with Crippen molar-refractivity contribution in [1.29, 1.82) is 0 Å². The number of amides is 1. The van der Waals surface area contributed by atoms with Gasteiger partial charge in [0.2, 0.25) is 5.91 Å². The van der Waals surface area contributed by atoms with E-state index in [2.05, 4.69) is 17.4 Å². The number of hydrogen-bond donors (Lipinski definition) is 1. The van der Waals surface area contributed by atoms with Crippen LogP contribution < -0.4 is 5.32 Å². The number of carbonyl (C=O) groups excluding carboxylic acids is 1. The minimum Gasteiger partial charge on any atom is -0.323 e. The normalized spacial score (nSPS) is 13.4. The Labute approximate surface area is 139 Å². The molecule has 0 saturated heterocycles. The number of rotatable bonds is 3. The summed E-state index contributed by atoms with van der Waals surface area (Å²) in [5.41, 5.74) is 4.32. The number of hydrogen-bond acceptors (Lipinski definition) is 1. The van der Waals surface area contributed by atoms with Gasteiger partial charge in [0, 0.05) is 21.8 Å². The highest BCUT2D eigenvalue weighted by molar-refractivity contribution is 6.35. The van der Waals surface area contributed by atoms with Gasteiger partial charge in [-0.2, -0.15) is 0 Å². The minimum atomic E-state index is -0.177. The van der Waals surface area contributed by atoms with E-state index in [1.807, 2.05) is 6.07 Å². The first-order valence-electron chi connectivity index (χ1n) is 7.18. The third kappa shape index (κ3) is 3.52. The first kappa shape index (κ1) is 15.1. The molecule has 0 aromatic heterocycles. The van der Waals surface area contributed by atoms with Gasteiger partial charge in [-0.3, -0.25) is 4.79 Å². The largest absolute Gasteiger partial charge is 0.323 e. The molecule has 2 aromatic rings. The molecule has 112 valence electrons. The standard InChI is InChI=1S/C18H15Cl2NO/c19-15-7-4-13(17(20)11-15)6-9-18(22)21-16-8-5-12-2-1-3-14(12)10-16/h4-11H,1-3H2,(H,21,22)/b9-6+. The van der Waals surface area contributed by atoms with Gasteiger partial charge in [-0.05, 0) is 66.3 Å². The maximum atomic E-state index is 12.0. The molecular weight excluding hydrogens is 317 g/mol. The average molecular weight is 332 g/mol. The Morgan fingerprint density at radius 1 is 1.05 bits per heavy atom. The molecule has 0 saturated carbocycles. The van der Waals surface area contributed by atoms with Gasteiger partial charge in [-0.15, -0.1) is 0 Å². The van der Waals surface area contributed by atoms with E-state index in [0.717, 1.165) is 24.1 Å². The van der Waals surface area contributed by atoms with Crippen LogP contribution in [0.5, 0.6) is 0 Å². The Bertz CT molecular complexity index is 753. The van der Waals surface area contributed by atoms with E-state index in [1.54, 1.807) is 24.3 Å². The smallest absolute Gasteiger partial charge is 0.248 e. The van der Waals surface area contributed by atoms with Gasteiger partial charge in [0.1, 0.15) is 0 Å². The van der Waals surface area contributed by atoms with Gasteiger partial charge < -0.3 is 5.32 Å². The molecule has 1 N–H and O–H groups in total. The fourth-order valence-electron chi connectivity index (χ4n) is 2.64. The van der Waals surface area contributed by atoms with E-state index in [0.29, 0.717) is 10.0 Å². The number of carbonyl (C=O) groups is 1. The fraction of sp³-hybridized carbons (Fsp3) is 0.167. The van der Waals surface area contributed by atoms with Crippen molar-refractivity contribution in [3.05, 3.63) is 69.2 Å². The van der Waals surface area contributed by atoms with Crippen LogP contribution in [0.1, 0.15) is 23.1 Å². The molecule has 0 atom stereocenters. The summed E-state index contributed by atoms with van der Waals surface area (Å²) in [7, 11) is 0. The van der Waals surface area contributed by atoms with Crippen molar-refractivity contribution in [2.75, 3.05) is 5.32 Å². The molecule has 2 nitrogen and oxygen atoms in total. The molecule has 0 unspecified atom stereocenters. The summed E-state index contributed by atoms with van der Waals surface area (Å²) in [5.74, 6) is -0.177. The summed E-state index contributed by atoms with van der Waals surface area (Å²) in [6.45, 7) is 0. The summed E-state index contributed by atoms with van der Waals surface area (Å²) < 4.78 is 0. The van der Waals surface area contributed by atoms with Gasteiger partial charge in [-0.25, -0.2) is 0 Å². The van der Waals surface area contributed by atoms with Crippen LogP contribution in [0.2, 0.25) is 10.0 Å². The van der Waals surface area contributed by atoms with Gasteiger partial charge in [0.25, 0.3) is 0 Å². The molecule has 1 aliphatic carbocycles. The second kappa shape index (κ2) is 6.55. The minimum absolute atomic E-state index is 0.177. The number of nitrogens with one attached hydrogen (secondary N) is 1. The van der Waals surface area contributed by atoms with Crippen LogP contribution in [0.25, 0.3) is 6.08 Å². The van der Waals surface area contributed by atoms with Crippen molar-refractivity contribution in [2.24, 2.45) is 0 Å². The number of halogens is 2. The van der Waals surface area contributed by atoms with Gasteiger partial charge in [-0.1, -0.05) is 35.3 Å². The molecule has 0 bridgehead atoms. The maximum Gasteiger partial charge on any atom is 0.248 e. The summed E-state index contributed by atoms with van der Waals surface area (Å²) in [6, 6.07) is 11.3. The molecule has 0 fully saturated rings. The Kier molecular flexibility index (Phi) is 4.51. The molecule has 1 amide bonds. The van der Waals surface area contributed by atoms with Gasteiger partial charge in [0.15, 0.2) is 0 Å². The maximum absolute atomic E-state index is 12.0. The van der Waals surface area contributed by atoms with E-state index >= 15 is 0 Å². The second-order valence-electron chi connectivity index (χ2n) is 5.33. The molecule has 4 heteroatoms. The lowest BCUT2D eigenvalue weighted by Gasteiger charge is -2.05. The zero-order valence-corrected chi connectivity index (χ0v) is 13.4. The Morgan fingerprint density at radius 2 is 1.86 bits per heavy atom. The zero-order valence-electron chi connectivity index (χ0n) is 11.9. The third-order valence-corrected chi connectivity index (χ3v) is 4.31. The quantitative estimate of drug-likeness (QED) is 0.775. The van der Waals surface area contributed by atoms with Crippen LogP contribution in [0.4, 0.5) is 5.69 Å². The van der Waals surface area contributed by atoms with Crippen LogP contribution in [-0.2, 0) is 17.6 Å². The Morgan fingerprint density at radius 3 is 2.68 bits per heavy atom. The summed E-state index contributed by atoms with van der Waals surface area (Å²) in [6.07, 6.45) is 6.58. The van der Waals surface area contributed by atoms with E-state index in [4.69, 9.17) is 23.2 Å². The zero-order chi connectivity index (χ0) is 15.5. The SMILES string of the molecule is O=C(/C=C/c1ccc(Cl)cc1Cl)Nc1ccc2c(c1)CCC2. The van der Waals surface area contributed by atoms with Gasteiger partial charge in [0.05, 0.1) is 0 Å². The number of benzene rings is 2. The highest BCUT2D eigenvalue weighted by Gasteiger charge is 2.11. The first-order valence-corrected chi connectivity index (χ1v) is 7.93. The Hall–Kier alpha value is -1.77. The fourth-order valence-corrected chi connectivity index (χ4v) is 3.11. The van der Waals surface area contributed by atoms with Crippen molar-refractivity contribution in [3.63, 3.8) is 0 Å². The van der Waals surface area contributed by atoms with Crippen molar-refractivity contribution in [2.45, 2.75) is 19.3 Å². The molecule has 0 spiro atoms. The molecule has 0 aliphatic heterocycles. The lowest BCUT2D eigenvalue weighted by atomic mass is 10.1. The lowest BCUT2D eigenvalue weighted by Crippen LogP contribution is -2.08. The van der Waals surface area contributed by atoms with E-state index in [-0.39, 0.29) is 5.91 Å². The molecule has 1 aliphatic rings. The van der Waals surface area contributed by atoms with Crippen molar-refractivity contribution < 1.29 is 4.79 Å². The van der Waals surface area contributed by atoms with Crippen LogP contribution in [0, 0.1) is 0 Å². The van der Waals surface area contributed by atoms with Crippen LogP contribution >= 0.6 is 23.2 Å². The van der Waals surface area contributed by atoms with Crippen molar-refractivity contribution in [1.82, 2.24) is 0 Å². The first-order chi connectivity index (χ1) is 10.6. The highest BCUT2D eigenvalue weighted by Crippen LogP contribution is 2.25. The van der Waals surface area contributed by atoms with E-state index in [1.165, 1.54) is 23.6 Å². The van der Waals surface area contributed by atoms with Crippen molar-refractivity contribution >= 4 is 40.9 Å². The van der Waals surface area contributed by atoms with E-state index in [9.17, 15) is 4.79 Å². The summed E-state index contributed by atoms with van der Waals surface area (Å²) in [5, 5.41) is 3.97.